The molecule has 0 unspecified atom stereocenters. The van der Waals surface area contributed by atoms with Gasteiger partial charge in [0.1, 0.15) is 5.82 Å². The molecule has 168 valence electrons. The Balaban J connectivity index is 1.20. The number of nitrogens with one attached hydrogen (secondary N) is 2. The Kier molecular flexibility index (Phi) is 6.17. The van der Waals surface area contributed by atoms with Crippen molar-refractivity contribution in [1.82, 2.24) is 15.0 Å². The van der Waals surface area contributed by atoms with E-state index in [0.717, 1.165) is 42.7 Å². The molecule has 0 aliphatic carbocycles. The third-order valence-electron chi connectivity index (χ3n) is 6.02. The standard InChI is InChI=1S/C25H26N6OS/c1-17-4-5-21-22(15-17)33-25(29-21)30-24(32)20-3-2-10-27-23(20)28-16-18-8-13-31(14-9-18)19-6-11-26-12-7-19/h2-7,10-12,15,18H,8-9,13-14,16H2,1H3,(H,27,28)(H,29,30,32). The maximum absolute atomic E-state index is 13.0. The number of anilines is 3. The molecular formula is C25H26N6OS. The molecule has 0 bridgehead atoms. The number of thiazole rings is 1. The maximum Gasteiger partial charge on any atom is 0.261 e. The van der Waals surface area contributed by atoms with Crippen molar-refractivity contribution in [3.05, 3.63) is 72.2 Å². The second-order valence-electron chi connectivity index (χ2n) is 8.36. The first-order valence-corrected chi connectivity index (χ1v) is 12.0. The maximum atomic E-state index is 13.0. The second kappa shape index (κ2) is 9.54. The Morgan fingerprint density at radius 1 is 1.12 bits per heavy atom. The van der Waals surface area contributed by atoms with Gasteiger partial charge in [0, 0.05) is 43.9 Å². The van der Waals surface area contributed by atoms with E-state index in [4.69, 9.17) is 0 Å². The predicted octanol–water partition coefficient (Wildman–Crippen LogP) is 4.98. The van der Waals surface area contributed by atoms with Gasteiger partial charge in [-0.05, 0) is 67.6 Å². The lowest BCUT2D eigenvalue weighted by Crippen LogP contribution is -2.36. The highest BCUT2D eigenvalue weighted by atomic mass is 32.1. The summed E-state index contributed by atoms with van der Waals surface area (Å²) in [7, 11) is 0. The van der Waals surface area contributed by atoms with Crippen LogP contribution < -0.4 is 15.5 Å². The molecule has 33 heavy (non-hydrogen) atoms. The molecule has 7 nitrogen and oxygen atoms in total. The zero-order chi connectivity index (χ0) is 22.6. The topological polar surface area (TPSA) is 83.0 Å². The average Bonchev–Trinajstić information content (AvgIpc) is 3.25. The second-order valence-corrected chi connectivity index (χ2v) is 9.39. The van der Waals surface area contributed by atoms with Gasteiger partial charge in [0.05, 0.1) is 15.8 Å². The van der Waals surface area contributed by atoms with Gasteiger partial charge < -0.3 is 10.2 Å². The zero-order valence-corrected chi connectivity index (χ0v) is 19.3. The van der Waals surface area contributed by atoms with Crippen LogP contribution in [0.4, 0.5) is 16.6 Å². The fraction of sp³-hybridized carbons (Fsp3) is 0.280. The number of amides is 1. The molecule has 3 aromatic heterocycles. The highest BCUT2D eigenvalue weighted by molar-refractivity contribution is 7.22. The first-order valence-electron chi connectivity index (χ1n) is 11.2. The van der Waals surface area contributed by atoms with Crippen LogP contribution in [0, 0.1) is 12.8 Å². The van der Waals surface area contributed by atoms with Crippen LogP contribution in [0.25, 0.3) is 10.2 Å². The molecule has 2 N–H and O–H groups in total. The summed E-state index contributed by atoms with van der Waals surface area (Å²) in [6.07, 6.45) is 7.58. The zero-order valence-electron chi connectivity index (χ0n) is 18.5. The van der Waals surface area contributed by atoms with E-state index in [9.17, 15) is 4.79 Å². The van der Waals surface area contributed by atoms with E-state index in [2.05, 4.69) is 48.7 Å². The largest absolute Gasteiger partial charge is 0.371 e. The fourth-order valence-electron chi connectivity index (χ4n) is 4.17. The third kappa shape index (κ3) is 4.96. The van der Waals surface area contributed by atoms with Gasteiger partial charge in [-0.25, -0.2) is 9.97 Å². The number of aryl methyl sites for hydroxylation is 1. The predicted molar refractivity (Wildman–Crippen MR) is 134 cm³/mol. The first-order chi connectivity index (χ1) is 16.2. The van der Waals surface area contributed by atoms with Crippen molar-refractivity contribution in [1.29, 1.82) is 0 Å². The lowest BCUT2D eigenvalue weighted by atomic mass is 9.96. The molecule has 1 aliphatic heterocycles. The van der Waals surface area contributed by atoms with Crippen molar-refractivity contribution in [3.8, 4) is 0 Å². The van der Waals surface area contributed by atoms with Crippen LogP contribution >= 0.6 is 11.3 Å². The van der Waals surface area contributed by atoms with Gasteiger partial charge >= 0.3 is 0 Å². The highest BCUT2D eigenvalue weighted by Gasteiger charge is 2.21. The van der Waals surface area contributed by atoms with E-state index in [1.54, 1.807) is 18.3 Å². The number of fused-ring (bicyclic) bond motifs is 1. The van der Waals surface area contributed by atoms with Crippen molar-refractivity contribution >= 4 is 44.1 Å². The fourth-order valence-corrected chi connectivity index (χ4v) is 5.13. The van der Waals surface area contributed by atoms with Gasteiger partial charge in [-0.15, -0.1) is 0 Å². The Hall–Kier alpha value is -3.52. The van der Waals surface area contributed by atoms with Crippen molar-refractivity contribution in [2.45, 2.75) is 19.8 Å². The summed E-state index contributed by atoms with van der Waals surface area (Å²) >= 11 is 1.48. The summed E-state index contributed by atoms with van der Waals surface area (Å²) in [5, 5.41) is 6.96. The van der Waals surface area contributed by atoms with Crippen molar-refractivity contribution < 1.29 is 4.79 Å². The van der Waals surface area contributed by atoms with Gasteiger partial charge in [0.25, 0.3) is 5.91 Å². The summed E-state index contributed by atoms with van der Waals surface area (Å²) < 4.78 is 1.06. The minimum atomic E-state index is -0.200. The van der Waals surface area contributed by atoms with E-state index < -0.39 is 0 Å². The van der Waals surface area contributed by atoms with Crippen LogP contribution in [0.5, 0.6) is 0 Å². The SMILES string of the molecule is Cc1ccc2nc(NC(=O)c3cccnc3NCC3CCN(c4ccncc4)CC3)sc2c1. The minimum Gasteiger partial charge on any atom is -0.371 e. The van der Waals surface area contributed by atoms with Crippen LogP contribution in [0.15, 0.2) is 61.1 Å². The molecular weight excluding hydrogens is 432 g/mol. The van der Waals surface area contributed by atoms with Crippen molar-refractivity contribution in [2.24, 2.45) is 5.92 Å². The number of rotatable bonds is 6. The number of nitrogens with zero attached hydrogens (tertiary/aromatic N) is 4. The monoisotopic (exact) mass is 458 g/mol. The number of hydrogen-bond donors (Lipinski definition) is 2. The van der Waals surface area contributed by atoms with Gasteiger partial charge in [-0.3, -0.25) is 15.1 Å². The van der Waals surface area contributed by atoms with E-state index >= 15 is 0 Å². The van der Waals surface area contributed by atoms with Crippen LogP contribution in [0.3, 0.4) is 0 Å². The van der Waals surface area contributed by atoms with Crippen LogP contribution in [-0.4, -0.2) is 40.5 Å². The molecule has 8 heteroatoms. The molecule has 0 saturated carbocycles. The Morgan fingerprint density at radius 3 is 2.76 bits per heavy atom. The smallest absolute Gasteiger partial charge is 0.261 e. The van der Waals surface area contributed by atoms with E-state index in [1.807, 2.05) is 31.5 Å². The number of hydrogen-bond acceptors (Lipinski definition) is 7. The Labute approximate surface area is 196 Å². The summed E-state index contributed by atoms with van der Waals surface area (Å²) in [5.74, 6) is 0.950. The molecule has 0 atom stereocenters. The van der Waals surface area contributed by atoms with Gasteiger partial charge in [-0.1, -0.05) is 17.4 Å². The normalized spacial score (nSPS) is 14.4. The molecule has 0 radical (unpaired) electrons. The molecule has 1 aliphatic rings. The molecule has 1 fully saturated rings. The first kappa shape index (κ1) is 21.3. The molecule has 0 spiro atoms. The lowest BCUT2D eigenvalue weighted by molar-refractivity contribution is 0.102. The molecule has 4 aromatic rings. The minimum absolute atomic E-state index is 0.200. The van der Waals surface area contributed by atoms with E-state index in [-0.39, 0.29) is 5.91 Å². The summed E-state index contributed by atoms with van der Waals surface area (Å²) in [6.45, 7) is 4.88. The lowest BCUT2D eigenvalue weighted by Gasteiger charge is -2.33. The van der Waals surface area contributed by atoms with Crippen molar-refractivity contribution in [3.63, 3.8) is 0 Å². The van der Waals surface area contributed by atoms with Crippen LogP contribution in [0.2, 0.25) is 0 Å². The number of carbonyl (C=O) groups is 1. The quantitative estimate of drug-likeness (QED) is 0.424. The molecule has 4 heterocycles. The summed E-state index contributed by atoms with van der Waals surface area (Å²) in [6, 6.07) is 13.8. The van der Waals surface area contributed by atoms with Gasteiger partial charge in [-0.2, -0.15) is 0 Å². The number of aromatic nitrogens is 3. The number of carbonyl (C=O) groups excluding carboxylic acids is 1. The van der Waals surface area contributed by atoms with E-state index in [0.29, 0.717) is 22.4 Å². The summed E-state index contributed by atoms with van der Waals surface area (Å²) in [4.78, 5) is 28.5. The molecule has 5 rings (SSSR count). The Morgan fingerprint density at radius 2 is 1.94 bits per heavy atom. The number of piperidine rings is 1. The molecule has 1 amide bonds. The third-order valence-corrected chi connectivity index (χ3v) is 6.95. The molecule has 1 aromatic carbocycles. The number of pyridine rings is 2. The summed E-state index contributed by atoms with van der Waals surface area (Å²) in [5.41, 5.74) is 3.82. The van der Waals surface area contributed by atoms with Gasteiger partial charge in [0.15, 0.2) is 5.13 Å². The van der Waals surface area contributed by atoms with Crippen LogP contribution in [0.1, 0.15) is 28.8 Å². The van der Waals surface area contributed by atoms with Gasteiger partial charge in [0.2, 0.25) is 0 Å². The van der Waals surface area contributed by atoms with Crippen LogP contribution in [-0.2, 0) is 0 Å². The molecule has 1 saturated heterocycles. The number of benzene rings is 1. The Bertz CT molecular complexity index is 1250. The highest BCUT2D eigenvalue weighted by Crippen LogP contribution is 2.28. The average molecular weight is 459 g/mol. The van der Waals surface area contributed by atoms with E-state index in [1.165, 1.54) is 22.6 Å². The van der Waals surface area contributed by atoms with Crippen molar-refractivity contribution in [2.75, 3.05) is 35.2 Å².